The van der Waals surface area contributed by atoms with Crippen LogP contribution >= 0.6 is 0 Å². The molecule has 1 aliphatic heterocycles. The van der Waals surface area contributed by atoms with Gasteiger partial charge in [-0.1, -0.05) is 18.2 Å². The van der Waals surface area contributed by atoms with Crippen LogP contribution < -0.4 is 10.6 Å². The summed E-state index contributed by atoms with van der Waals surface area (Å²) in [5.41, 5.74) is 2.55. The molecule has 8 heteroatoms. The number of rotatable bonds is 10. The van der Waals surface area contributed by atoms with Gasteiger partial charge in [-0.25, -0.2) is 0 Å². The maximum absolute atomic E-state index is 12.0. The Labute approximate surface area is 185 Å². The van der Waals surface area contributed by atoms with E-state index in [2.05, 4.69) is 62.8 Å². The van der Waals surface area contributed by atoms with Crippen LogP contribution in [0, 0.1) is 0 Å². The molecule has 0 spiro atoms. The smallest absolute Gasteiger partial charge is 0.234 e. The number of guanidine groups is 1. The lowest BCUT2D eigenvalue weighted by Gasteiger charge is -2.36. The van der Waals surface area contributed by atoms with Gasteiger partial charge in [0.1, 0.15) is 0 Å². The molecule has 1 aromatic carbocycles. The van der Waals surface area contributed by atoms with E-state index in [0.717, 1.165) is 58.1 Å². The number of carbonyl (C=O) groups excluding carboxylic acids is 1. The molecule has 2 aromatic rings. The average molecular weight is 429 g/mol. The van der Waals surface area contributed by atoms with Gasteiger partial charge in [0.25, 0.3) is 0 Å². The zero-order valence-electron chi connectivity index (χ0n) is 18.8. The number of hydrogen-bond donors (Lipinski definition) is 3. The van der Waals surface area contributed by atoms with Gasteiger partial charge >= 0.3 is 0 Å². The Hall–Kier alpha value is -2.58. The fraction of sp³-hybridized carbons (Fsp3) is 0.565. The van der Waals surface area contributed by atoms with Crippen molar-refractivity contribution in [3.8, 4) is 0 Å². The van der Waals surface area contributed by atoms with Crippen LogP contribution in [-0.4, -0.2) is 92.7 Å². The Morgan fingerprint density at radius 3 is 2.77 bits per heavy atom. The molecule has 1 fully saturated rings. The number of para-hydroxylation sites is 1. The van der Waals surface area contributed by atoms with E-state index in [9.17, 15) is 4.79 Å². The van der Waals surface area contributed by atoms with Gasteiger partial charge in [0.15, 0.2) is 5.96 Å². The van der Waals surface area contributed by atoms with Gasteiger partial charge in [0.05, 0.1) is 13.2 Å². The maximum Gasteiger partial charge on any atom is 0.234 e. The number of ether oxygens (including phenoxy) is 1. The second-order valence-electron chi connectivity index (χ2n) is 7.80. The number of aryl methyl sites for hydroxylation is 1. The molecule has 170 valence electrons. The van der Waals surface area contributed by atoms with E-state index in [-0.39, 0.29) is 5.91 Å². The highest BCUT2D eigenvalue weighted by atomic mass is 16.5. The SMILES string of the molecule is CCNC(=NCCCc1c[nH]c2ccccc12)N1CCN(CC(=O)NCCOC)CC1. The Kier molecular flexibility index (Phi) is 9.17. The summed E-state index contributed by atoms with van der Waals surface area (Å²) in [6, 6.07) is 8.43. The minimum Gasteiger partial charge on any atom is -0.383 e. The Balaban J connectivity index is 1.43. The van der Waals surface area contributed by atoms with Gasteiger partial charge in [0.2, 0.25) is 5.91 Å². The van der Waals surface area contributed by atoms with Crippen LogP contribution in [0.15, 0.2) is 35.5 Å². The highest BCUT2D eigenvalue weighted by molar-refractivity contribution is 5.83. The van der Waals surface area contributed by atoms with Gasteiger partial charge in [-0.15, -0.1) is 0 Å². The summed E-state index contributed by atoms with van der Waals surface area (Å²) in [5.74, 6) is 1.04. The number of nitrogens with one attached hydrogen (secondary N) is 3. The third kappa shape index (κ3) is 6.97. The number of aliphatic imine (C=N–C) groups is 1. The highest BCUT2D eigenvalue weighted by Crippen LogP contribution is 2.18. The number of aromatic nitrogens is 1. The van der Waals surface area contributed by atoms with Crippen molar-refractivity contribution in [3.05, 3.63) is 36.0 Å². The van der Waals surface area contributed by atoms with Crippen molar-refractivity contribution in [3.63, 3.8) is 0 Å². The molecule has 3 N–H and O–H groups in total. The first-order valence-electron chi connectivity index (χ1n) is 11.3. The normalized spacial score (nSPS) is 15.4. The van der Waals surface area contributed by atoms with Gasteiger partial charge in [-0.2, -0.15) is 0 Å². The zero-order valence-corrected chi connectivity index (χ0v) is 18.8. The van der Waals surface area contributed by atoms with Crippen LogP contribution in [0.2, 0.25) is 0 Å². The number of H-pyrrole nitrogens is 1. The molecule has 0 bridgehead atoms. The van der Waals surface area contributed by atoms with Gasteiger partial charge in [-0.3, -0.25) is 14.7 Å². The van der Waals surface area contributed by atoms with Crippen molar-refractivity contribution in [2.75, 3.05) is 66.1 Å². The fourth-order valence-electron chi connectivity index (χ4n) is 3.89. The summed E-state index contributed by atoms with van der Waals surface area (Å²) in [6.07, 6.45) is 4.14. The van der Waals surface area contributed by atoms with Crippen LogP contribution in [0.1, 0.15) is 18.9 Å². The molecule has 8 nitrogen and oxygen atoms in total. The number of piperazine rings is 1. The van der Waals surface area contributed by atoms with E-state index >= 15 is 0 Å². The molecule has 1 aromatic heterocycles. The number of hydrogen-bond acceptors (Lipinski definition) is 4. The molecule has 0 radical (unpaired) electrons. The second-order valence-corrected chi connectivity index (χ2v) is 7.80. The lowest BCUT2D eigenvalue weighted by atomic mass is 10.1. The quantitative estimate of drug-likeness (QED) is 0.303. The number of amides is 1. The first kappa shape index (κ1) is 23.1. The third-order valence-corrected chi connectivity index (χ3v) is 5.54. The summed E-state index contributed by atoms with van der Waals surface area (Å²) in [4.78, 5) is 24.7. The lowest BCUT2D eigenvalue weighted by Crippen LogP contribution is -2.54. The van der Waals surface area contributed by atoms with E-state index in [1.54, 1.807) is 7.11 Å². The number of methoxy groups -OCH3 is 1. The predicted molar refractivity (Wildman–Crippen MR) is 125 cm³/mol. The van der Waals surface area contributed by atoms with E-state index in [1.807, 2.05) is 0 Å². The molecule has 1 aliphatic rings. The number of nitrogens with zero attached hydrogens (tertiary/aromatic N) is 3. The van der Waals surface area contributed by atoms with Crippen molar-refractivity contribution in [2.24, 2.45) is 4.99 Å². The van der Waals surface area contributed by atoms with Crippen LogP contribution in [0.25, 0.3) is 10.9 Å². The molecule has 31 heavy (non-hydrogen) atoms. The molecule has 0 atom stereocenters. The molecular formula is C23H36N6O2. The first-order valence-corrected chi connectivity index (χ1v) is 11.3. The van der Waals surface area contributed by atoms with E-state index in [1.165, 1.54) is 16.5 Å². The number of carbonyl (C=O) groups is 1. The average Bonchev–Trinajstić information content (AvgIpc) is 3.20. The number of aromatic amines is 1. The highest BCUT2D eigenvalue weighted by Gasteiger charge is 2.21. The summed E-state index contributed by atoms with van der Waals surface area (Å²) < 4.78 is 4.97. The van der Waals surface area contributed by atoms with E-state index < -0.39 is 0 Å². The second kappa shape index (κ2) is 12.3. The van der Waals surface area contributed by atoms with E-state index in [4.69, 9.17) is 9.73 Å². The molecular weight excluding hydrogens is 392 g/mol. The van der Waals surface area contributed by atoms with Gasteiger partial charge < -0.3 is 25.3 Å². The van der Waals surface area contributed by atoms with Gasteiger partial charge in [0, 0.05) is 70.0 Å². The van der Waals surface area contributed by atoms with Crippen molar-refractivity contribution in [1.82, 2.24) is 25.4 Å². The molecule has 0 unspecified atom stereocenters. The number of fused-ring (bicyclic) bond motifs is 1. The molecule has 2 heterocycles. The monoisotopic (exact) mass is 428 g/mol. The van der Waals surface area contributed by atoms with Crippen LogP contribution in [0.4, 0.5) is 0 Å². The molecule has 0 saturated carbocycles. The standard InChI is InChI=1S/C23H36N6O2/c1-3-24-23(26-10-6-7-19-17-27-21-9-5-4-8-20(19)21)29-14-12-28(13-15-29)18-22(30)25-11-16-31-2/h4-5,8-9,17,27H,3,6-7,10-16,18H2,1-2H3,(H,24,26)(H,25,30). The topological polar surface area (TPSA) is 85.0 Å². The molecule has 1 amide bonds. The Morgan fingerprint density at radius 1 is 1.19 bits per heavy atom. The lowest BCUT2D eigenvalue weighted by molar-refractivity contribution is -0.122. The summed E-state index contributed by atoms with van der Waals surface area (Å²) in [7, 11) is 1.64. The summed E-state index contributed by atoms with van der Waals surface area (Å²) >= 11 is 0. The third-order valence-electron chi connectivity index (χ3n) is 5.54. The molecule has 1 saturated heterocycles. The summed E-state index contributed by atoms with van der Waals surface area (Å²) in [5, 5.41) is 7.61. The fourth-order valence-corrected chi connectivity index (χ4v) is 3.89. The minimum atomic E-state index is 0.0587. The largest absolute Gasteiger partial charge is 0.383 e. The Morgan fingerprint density at radius 2 is 2.00 bits per heavy atom. The van der Waals surface area contributed by atoms with Gasteiger partial charge in [-0.05, 0) is 31.4 Å². The van der Waals surface area contributed by atoms with E-state index in [0.29, 0.717) is 19.7 Å². The predicted octanol–water partition coefficient (Wildman–Crippen LogP) is 1.45. The molecule has 0 aliphatic carbocycles. The van der Waals surface area contributed by atoms with Crippen molar-refractivity contribution in [2.45, 2.75) is 19.8 Å². The van der Waals surface area contributed by atoms with Crippen molar-refractivity contribution >= 4 is 22.8 Å². The zero-order chi connectivity index (χ0) is 21.9. The summed E-state index contributed by atoms with van der Waals surface area (Å²) in [6.45, 7) is 8.76. The van der Waals surface area contributed by atoms with Crippen molar-refractivity contribution in [1.29, 1.82) is 0 Å². The van der Waals surface area contributed by atoms with Crippen LogP contribution in [-0.2, 0) is 16.0 Å². The van der Waals surface area contributed by atoms with Crippen LogP contribution in [0.3, 0.4) is 0 Å². The first-order chi connectivity index (χ1) is 15.2. The maximum atomic E-state index is 12.0. The van der Waals surface area contributed by atoms with Crippen molar-refractivity contribution < 1.29 is 9.53 Å². The van der Waals surface area contributed by atoms with Crippen LogP contribution in [0.5, 0.6) is 0 Å². The number of benzene rings is 1. The Bertz CT molecular complexity index is 841. The minimum absolute atomic E-state index is 0.0587. The molecule has 3 rings (SSSR count).